The SMILES string of the molecule is CCC(Nc1nc(C(C)C)ns1)C(=O)O. The van der Waals surface area contributed by atoms with Gasteiger partial charge in [0.15, 0.2) is 0 Å². The summed E-state index contributed by atoms with van der Waals surface area (Å²) in [5.74, 6) is 0.156. The second-order valence-corrected chi connectivity index (χ2v) is 4.31. The van der Waals surface area contributed by atoms with Crippen LogP contribution in [0.2, 0.25) is 0 Å². The zero-order valence-corrected chi connectivity index (χ0v) is 9.84. The second kappa shape index (κ2) is 5.06. The summed E-state index contributed by atoms with van der Waals surface area (Å²) in [6.07, 6.45) is 0.520. The molecule has 6 heteroatoms. The summed E-state index contributed by atoms with van der Waals surface area (Å²) in [5.41, 5.74) is 0. The predicted octanol–water partition coefficient (Wildman–Crippen LogP) is 1.94. The molecular weight excluding hydrogens is 214 g/mol. The van der Waals surface area contributed by atoms with E-state index >= 15 is 0 Å². The van der Waals surface area contributed by atoms with E-state index in [1.165, 1.54) is 11.5 Å². The highest BCUT2D eigenvalue weighted by atomic mass is 32.1. The Morgan fingerprint density at radius 2 is 2.27 bits per heavy atom. The van der Waals surface area contributed by atoms with E-state index in [1.54, 1.807) is 0 Å². The molecule has 0 spiro atoms. The quantitative estimate of drug-likeness (QED) is 0.807. The Bertz CT molecular complexity index is 338. The number of aliphatic carboxylic acids is 1. The molecule has 0 amide bonds. The molecule has 1 aromatic rings. The smallest absolute Gasteiger partial charge is 0.326 e. The van der Waals surface area contributed by atoms with Crippen LogP contribution in [0.1, 0.15) is 38.9 Å². The van der Waals surface area contributed by atoms with Crippen molar-refractivity contribution in [2.24, 2.45) is 0 Å². The Balaban J connectivity index is 2.67. The first-order chi connectivity index (χ1) is 7.04. The van der Waals surface area contributed by atoms with Crippen LogP contribution in [-0.4, -0.2) is 26.5 Å². The van der Waals surface area contributed by atoms with Crippen molar-refractivity contribution in [3.8, 4) is 0 Å². The lowest BCUT2D eigenvalue weighted by Crippen LogP contribution is -2.28. The molecule has 1 atom stereocenters. The van der Waals surface area contributed by atoms with E-state index < -0.39 is 12.0 Å². The van der Waals surface area contributed by atoms with Crippen LogP contribution in [-0.2, 0) is 4.79 Å². The molecular formula is C9H15N3O2S. The lowest BCUT2D eigenvalue weighted by atomic mass is 10.2. The van der Waals surface area contributed by atoms with Gasteiger partial charge in [0, 0.05) is 17.5 Å². The normalized spacial score (nSPS) is 12.8. The van der Waals surface area contributed by atoms with Crippen molar-refractivity contribution in [2.45, 2.75) is 39.2 Å². The molecule has 0 bridgehead atoms. The molecule has 0 saturated carbocycles. The minimum absolute atomic E-state index is 0.265. The predicted molar refractivity (Wildman–Crippen MR) is 59.3 cm³/mol. The number of hydrogen-bond acceptors (Lipinski definition) is 5. The third kappa shape index (κ3) is 3.16. The van der Waals surface area contributed by atoms with Crippen molar-refractivity contribution in [1.29, 1.82) is 0 Å². The van der Waals surface area contributed by atoms with Crippen molar-refractivity contribution in [2.75, 3.05) is 5.32 Å². The Morgan fingerprint density at radius 3 is 2.67 bits per heavy atom. The molecule has 15 heavy (non-hydrogen) atoms. The van der Waals surface area contributed by atoms with Crippen LogP contribution in [0.3, 0.4) is 0 Å². The number of carbonyl (C=O) groups is 1. The molecule has 0 aliphatic heterocycles. The summed E-state index contributed by atoms with van der Waals surface area (Å²) in [4.78, 5) is 15.0. The summed E-state index contributed by atoms with van der Waals surface area (Å²) in [6.45, 7) is 5.82. The van der Waals surface area contributed by atoms with E-state index in [0.717, 1.165) is 5.82 Å². The fraction of sp³-hybridized carbons (Fsp3) is 0.667. The van der Waals surface area contributed by atoms with E-state index in [2.05, 4.69) is 14.7 Å². The van der Waals surface area contributed by atoms with Crippen LogP contribution in [0.4, 0.5) is 5.13 Å². The molecule has 1 rings (SSSR count). The van der Waals surface area contributed by atoms with Gasteiger partial charge in [-0.1, -0.05) is 20.8 Å². The average molecular weight is 229 g/mol. The Hall–Kier alpha value is -1.17. The summed E-state index contributed by atoms with van der Waals surface area (Å²) < 4.78 is 4.14. The van der Waals surface area contributed by atoms with E-state index in [1.807, 2.05) is 20.8 Å². The summed E-state index contributed by atoms with van der Waals surface area (Å²) in [6, 6.07) is -0.585. The maximum absolute atomic E-state index is 10.8. The van der Waals surface area contributed by atoms with Crippen molar-refractivity contribution in [3.63, 3.8) is 0 Å². The van der Waals surface area contributed by atoms with Crippen LogP contribution < -0.4 is 5.32 Å². The molecule has 84 valence electrons. The summed E-state index contributed by atoms with van der Waals surface area (Å²) >= 11 is 1.20. The van der Waals surface area contributed by atoms with Crippen molar-refractivity contribution in [3.05, 3.63) is 5.82 Å². The summed E-state index contributed by atoms with van der Waals surface area (Å²) in [7, 11) is 0. The van der Waals surface area contributed by atoms with Gasteiger partial charge >= 0.3 is 5.97 Å². The number of anilines is 1. The average Bonchev–Trinajstić information content (AvgIpc) is 2.61. The fourth-order valence-electron chi connectivity index (χ4n) is 1.02. The molecule has 1 unspecified atom stereocenters. The third-order valence-corrected chi connectivity index (χ3v) is 2.62. The van der Waals surface area contributed by atoms with Gasteiger partial charge in [-0.05, 0) is 6.42 Å². The molecule has 0 saturated heterocycles. The topological polar surface area (TPSA) is 75.1 Å². The van der Waals surface area contributed by atoms with Crippen LogP contribution in [0.25, 0.3) is 0 Å². The van der Waals surface area contributed by atoms with Crippen LogP contribution in [0.5, 0.6) is 0 Å². The van der Waals surface area contributed by atoms with E-state index in [4.69, 9.17) is 5.11 Å². The van der Waals surface area contributed by atoms with Gasteiger partial charge in [0.2, 0.25) is 5.13 Å². The second-order valence-electron chi connectivity index (χ2n) is 3.56. The molecule has 1 heterocycles. The Labute approximate surface area is 92.7 Å². The number of carboxylic acid groups (broad SMARTS) is 1. The third-order valence-electron chi connectivity index (χ3n) is 1.96. The number of aromatic nitrogens is 2. The number of rotatable bonds is 5. The lowest BCUT2D eigenvalue weighted by Gasteiger charge is -2.09. The number of hydrogen-bond donors (Lipinski definition) is 2. The zero-order chi connectivity index (χ0) is 11.4. The van der Waals surface area contributed by atoms with Gasteiger partial charge in [0.25, 0.3) is 0 Å². The van der Waals surface area contributed by atoms with Gasteiger partial charge < -0.3 is 10.4 Å². The molecule has 0 aliphatic rings. The van der Waals surface area contributed by atoms with Crippen molar-refractivity contribution >= 4 is 22.6 Å². The maximum Gasteiger partial charge on any atom is 0.326 e. The summed E-state index contributed by atoms with van der Waals surface area (Å²) in [5, 5.41) is 12.3. The highest BCUT2D eigenvalue weighted by Gasteiger charge is 2.17. The first-order valence-corrected chi connectivity index (χ1v) is 5.64. The minimum Gasteiger partial charge on any atom is -0.480 e. The van der Waals surface area contributed by atoms with Gasteiger partial charge in [-0.15, -0.1) is 0 Å². The highest BCUT2D eigenvalue weighted by Crippen LogP contribution is 2.18. The molecule has 0 radical (unpaired) electrons. The first-order valence-electron chi connectivity index (χ1n) is 4.87. The largest absolute Gasteiger partial charge is 0.480 e. The Kier molecular flexibility index (Phi) is 4.02. The van der Waals surface area contributed by atoms with E-state index in [0.29, 0.717) is 11.6 Å². The molecule has 0 aromatic carbocycles. The minimum atomic E-state index is -0.862. The first kappa shape index (κ1) is 11.9. The van der Waals surface area contributed by atoms with Gasteiger partial charge in [-0.2, -0.15) is 4.37 Å². The van der Waals surface area contributed by atoms with Crippen LogP contribution in [0, 0.1) is 0 Å². The highest BCUT2D eigenvalue weighted by molar-refractivity contribution is 7.09. The van der Waals surface area contributed by atoms with E-state index in [-0.39, 0.29) is 5.92 Å². The zero-order valence-electron chi connectivity index (χ0n) is 9.02. The van der Waals surface area contributed by atoms with Crippen molar-refractivity contribution < 1.29 is 9.90 Å². The van der Waals surface area contributed by atoms with Gasteiger partial charge in [0.1, 0.15) is 11.9 Å². The van der Waals surface area contributed by atoms with E-state index in [9.17, 15) is 4.79 Å². The standard InChI is InChI=1S/C9H15N3O2S/c1-4-6(8(13)14)10-9-11-7(5(2)3)12-15-9/h5-6H,4H2,1-3H3,(H,13,14)(H,10,11,12). The van der Waals surface area contributed by atoms with Crippen molar-refractivity contribution in [1.82, 2.24) is 9.36 Å². The number of nitrogens with one attached hydrogen (secondary N) is 1. The molecule has 2 N–H and O–H groups in total. The molecule has 1 aromatic heterocycles. The van der Waals surface area contributed by atoms with Crippen LogP contribution in [0.15, 0.2) is 0 Å². The monoisotopic (exact) mass is 229 g/mol. The number of nitrogens with zero attached hydrogens (tertiary/aromatic N) is 2. The maximum atomic E-state index is 10.8. The Morgan fingerprint density at radius 1 is 1.60 bits per heavy atom. The van der Waals surface area contributed by atoms with Gasteiger partial charge in [0.05, 0.1) is 0 Å². The lowest BCUT2D eigenvalue weighted by molar-refractivity contribution is -0.137. The molecule has 0 fully saturated rings. The fourth-order valence-corrected chi connectivity index (χ4v) is 1.78. The molecule has 5 nitrogen and oxygen atoms in total. The number of carboxylic acids is 1. The van der Waals surface area contributed by atoms with Gasteiger partial charge in [-0.25, -0.2) is 9.78 Å². The van der Waals surface area contributed by atoms with Gasteiger partial charge in [-0.3, -0.25) is 0 Å². The molecule has 0 aliphatic carbocycles. The van der Waals surface area contributed by atoms with Crippen LogP contribution >= 0.6 is 11.5 Å².